The molecule has 176 valence electrons. The van der Waals surface area contributed by atoms with E-state index in [0.29, 0.717) is 23.1 Å². The van der Waals surface area contributed by atoms with Gasteiger partial charge in [-0.15, -0.1) is 0 Å². The molecule has 0 aromatic heterocycles. The Kier molecular flexibility index (Phi) is 6.40. The Morgan fingerprint density at radius 2 is 1.89 bits per heavy atom. The van der Waals surface area contributed by atoms with Crippen molar-refractivity contribution in [3.05, 3.63) is 94.8 Å². The summed E-state index contributed by atoms with van der Waals surface area (Å²) in [5.41, 5.74) is 2.48. The number of hydrogen-bond donors (Lipinski definition) is 1. The summed E-state index contributed by atoms with van der Waals surface area (Å²) in [5, 5.41) is 2.51. The lowest BCUT2D eigenvalue weighted by atomic mass is 10.1. The van der Waals surface area contributed by atoms with E-state index in [1.807, 2.05) is 54.6 Å². The number of halogens is 2. The third kappa shape index (κ3) is 4.72. The maximum Gasteiger partial charge on any atom is 0.259 e. The number of aliphatic imine (C=N–C) groups is 2. The molecule has 0 saturated heterocycles. The highest BCUT2D eigenvalue weighted by Gasteiger charge is 2.42. The zero-order chi connectivity index (χ0) is 24.5. The Balaban J connectivity index is 1.40. The van der Waals surface area contributed by atoms with Crippen LogP contribution in [0.1, 0.15) is 18.1 Å². The van der Waals surface area contributed by atoms with Crippen LogP contribution in [0.25, 0.3) is 0 Å². The van der Waals surface area contributed by atoms with Crippen LogP contribution in [0.5, 0.6) is 0 Å². The minimum absolute atomic E-state index is 0.0326. The monoisotopic (exact) mass is 506 g/mol. The van der Waals surface area contributed by atoms with E-state index in [1.54, 1.807) is 6.92 Å². The number of nitrogens with zero attached hydrogens (tertiary/aromatic N) is 3. The predicted molar refractivity (Wildman–Crippen MR) is 138 cm³/mol. The van der Waals surface area contributed by atoms with Crippen molar-refractivity contribution >= 4 is 57.6 Å². The average molecular weight is 507 g/mol. The Bertz CT molecular complexity index is 1380. The first-order chi connectivity index (χ1) is 16.9. The number of nitrogens with one attached hydrogen (secondary N) is 1. The summed E-state index contributed by atoms with van der Waals surface area (Å²) in [6.45, 7) is 1.68. The molecule has 35 heavy (non-hydrogen) atoms. The molecule has 5 rings (SSSR count). The van der Waals surface area contributed by atoms with Gasteiger partial charge in [0.15, 0.2) is 5.17 Å². The second kappa shape index (κ2) is 9.64. The molecule has 6 nitrogen and oxygen atoms in total. The molecule has 0 saturated carbocycles. The molecule has 2 aliphatic heterocycles. The van der Waals surface area contributed by atoms with Crippen LogP contribution in [-0.2, 0) is 16.0 Å². The van der Waals surface area contributed by atoms with Gasteiger partial charge in [-0.3, -0.25) is 14.6 Å². The number of amidine groups is 2. The van der Waals surface area contributed by atoms with E-state index < -0.39 is 23.0 Å². The third-order valence-electron chi connectivity index (χ3n) is 5.66. The maximum atomic E-state index is 14.1. The molecule has 0 unspecified atom stereocenters. The molecule has 2 heterocycles. The Hall–Kier alpha value is -3.49. The molecule has 2 aliphatic rings. The molecular formula is C26H20ClFN4O2S. The van der Waals surface area contributed by atoms with Crippen molar-refractivity contribution in [3.63, 3.8) is 0 Å². The van der Waals surface area contributed by atoms with Gasteiger partial charge >= 0.3 is 0 Å². The summed E-state index contributed by atoms with van der Waals surface area (Å²) in [7, 11) is 0. The molecular weight excluding hydrogens is 487 g/mol. The summed E-state index contributed by atoms with van der Waals surface area (Å²) in [6.07, 6.45) is 0.464. The summed E-state index contributed by atoms with van der Waals surface area (Å²) in [5.74, 6) is -0.718. The second-order valence-electron chi connectivity index (χ2n) is 8.12. The SMILES string of the molecule is C[C@H](SC1=Nc2ccccc2C2=N[C@H](Cc3ccccc3)C(=O)N12)C(=O)Nc1ccc(Cl)cc1F. The molecule has 2 amide bonds. The van der Waals surface area contributed by atoms with Crippen LogP contribution in [0.2, 0.25) is 5.02 Å². The first kappa shape index (κ1) is 23.3. The topological polar surface area (TPSA) is 74.1 Å². The van der Waals surface area contributed by atoms with Crippen molar-refractivity contribution in [2.45, 2.75) is 24.6 Å². The van der Waals surface area contributed by atoms with Gasteiger partial charge in [-0.2, -0.15) is 0 Å². The highest BCUT2D eigenvalue weighted by Crippen LogP contribution is 2.35. The lowest BCUT2D eigenvalue weighted by molar-refractivity contribution is -0.124. The van der Waals surface area contributed by atoms with Crippen LogP contribution >= 0.6 is 23.4 Å². The molecule has 0 radical (unpaired) electrons. The summed E-state index contributed by atoms with van der Waals surface area (Å²) in [4.78, 5) is 37.2. The van der Waals surface area contributed by atoms with E-state index in [-0.39, 0.29) is 16.6 Å². The highest BCUT2D eigenvalue weighted by atomic mass is 35.5. The summed E-state index contributed by atoms with van der Waals surface area (Å²) >= 11 is 6.92. The van der Waals surface area contributed by atoms with E-state index in [0.717, 1.165) is 29.0 Å². The first-order valence-electron chi connectivity index (χ1n) is 11.0. The smallest absolute Gasteiger partial charge is 0.259 e. The van der Waals surface area contributed by atoms with E-state index in [9.17, 15) is 14.0 Å². The fourth-order valence-electron chi connectivity index (χ4n) is 3.89. The molecule has 9 heteroatoms. The van der Waals surface area contributed by atoms with Crippen LogP contribution < -0.4 is 5.32 Å². The molecule has 1 N–H and O–H groups in total. The number of fused-ring (bicyclic) bond motifs is 3. The zero-order valence-corrected chi connectivity index (χ0v) is 20.2. The number of rotatable bonds is 5. The normalized spacial score (nSPS) is 17.3. The van der Waals surface area contributed by atoms with Crippen molar-refractivity contribution in [1.29, 1.82) is 0 Å². The number of benzene rings is 3. The van der Waals surface area contributed by atoms with Crippen LogP contribution in [-0.4, -0.2) is 39.0 Å². The van der Waals surface area contributed by atoms with E-state index in [4.69, 9.17) is 16.6 Å². The van der Waals surface area contributed by atoms with E-state index >= 15 is 0 Å². The minimum Gasteiger partial charge on any atom is -0.323 e. The number of para-hydroxylation sites is 1. The van der Waals surface area contributed by atoms with Crippen molar-refractivity contribution in [2.75, 3.05) is 5.32 Å². The predicted octanol–water partition coefficient (Wildman–Crippen LogP) is 5.44. The molecule has 0 fully saturated rings. The Morgan fingerprint density at radius 3 is 2.66 bits per heavy atom. The van der Waals surface area contributed by atoms with Gasteiger partial charge in [0.2, 0.25) is 5.91 Å². The quantitative estimate of drug-likeness (QED) is 0.500. The fourth-order valence-corrected chi connectivity index (χ4v) is 4.96. The number of carbonyl (C=O) groups is 2. The molecule has 0 spiro atoms. The van der Waals surface area contributed by atoms with Crippen molar-refractivity contribution in [2.24, 2.45) is 9.98 Å². The van der Waals surface area contributed by atoms with E-state index in [1.165, 1.54) is 17.0 Å². The van der Waals surface area contributed by atoms with Gasteiger partial charge in [0, 0.05) is 17.0 Å². The third-order valence-corrected chi connectivity index (χ3v) is 6.95. The standard InChI is InChI=1S/C26H20ClFN4O2S/c1-15(24(33)30-21-12-11-17(27)14-19(21)28)35-26-31-20-10-6-5-9-18(20)23-29-22(25(34)32(23)26)13-16-7-3-2-4-8-16/h2-12,14-15,22H,13H2,1H3,(H,30,33)/t15-,22+/m0/s1. The van der Waals surface area contributed by atoms with Gasteiger partial charge in [0.05, 0.1) is 16.6 Å². The van der Waals surface area contributed by atoms with Crippen LogP contribution in [0.15, 0.2) is 82.8 Å². The Morgan fingerprint density at radius 1 is 1.14 bits per heavy atom. The molecule has 0 bridgehead atoms. The van der Waals surface area contributed by atoms with Crippen LogP contribution in [0.4, 0.5) is 15.8 Å². The zero-order valence-electron chi connectivity index (χ0n) is 18.6. The van der Waals surface area contributed by atoms with Crippen molar-refractivity contribution in [3.8, 4) is 0 Å². The van der Waals surface area contributed by atoms with Crippen LogP contribution in [0.3, 0.4) is 0 Å². The van der Waals surface area contributed by atoms with Gasteiger partial charge in [-0.25, -0.2) is 14.3 Å². The minimum atomic E-state index is -0.670. The lowest BCUT2D eigenvalue weighted by Crippen LogP contribution is -2.42. The number of carbonyl (C=O) groups excluding carboxylic acids is 2. The van der Waals surface area contributed by atoms with Crippen molar-refractivity contribution in [1.82, 2.24) is 4.90 Å². The summed E-state index contributed by atoms with van der Waals surface area (Å²) < 4.78 is 14.1. The Labute approximate surface area is 210 Å². The molecule has 2 atom stereocenters. The summed E-state index contributed by atoms with van der Waals surface area (Å²) in [6, 6.07) is 20.6. The van der Waals surface area contributed by atoms with Crippen molar-refractivity contribution < 1.29 is 14.0 Å². The molecule has 3 aromatic rings. The van der Waals surface area contributed by atoms with Gasteiger partial charge < -0.3 is 5.32 Å². The van der Waals surface area contributed by atoms with Gasteiger partial charge in [-0.05, 0) is 42.8 Å². The first-order valence-corrected chi connectivity index (χ1v) is 12.2. The average Bonchev–Trinajstić information content (AvgIpc) is 3.18. The maximum absolute atomic E-state index is 14.1. The van der Waals surface area contributed by atoms with Gasteiger partial charge in [0.25, 0.3) is 5.91 Å². The highest BCUT2D eigenvalue weighted by molar-refractivity contribution is 8.15. The number of thioether (sulfide) groups is 1. The number of hydrogen-bond acceptors (Lipinski definition) is 5. The number of amides is 2. The van der Waals surface area contributed by atoms with Gasteiger partial charge in [-0.1, -0.05) is 65.8 Å². The molecule has 3 aromatic carbocycles. The molecule has 0 aliphatic carbocycles. The largest absolute Gasteiger partial charge is 0.323 e. The second-order valence-corrected chi connectivity index (χ2v) is 9.86. The lowest BCUT2D eigenvalue weighted by Gasteiger charge is -2.27. The van der Waals surface area contributed by atoms with E-state index in [2.05, 4.69) is 10.3 Å². The fraction of sp³-hybridized carbons (Fsp3) is 0.154. The van der Waals surface area contributed by atoms with Crippen LogP contribution in [0, 0.1) is 5.82 Å². The van der Waals surface area contributed by atoms with Gasteiger partial charge in [0.1, 0.15) is 17.7 Å². The number of anilines is 1.